The highest BCUT2D eigenvalue weighted by Crippen LogP contribution is 1.94. The summed E-state index contributed by atoms with van der Waals surface area (Å²) in [5, 5.41) is 25.9. The van der Waals surface area contributed by atoms with E-state index in [0.29, 0.717) is 19.6 Å². The van der Waals surface area contributed by atoms with Gasteiger partial charge in [-0.25, -0.2) is 9.48 Å². The van der Waals surface area contributed by atoms with Crippen LogP contribution in [0.5, 0.6) is 0 Å². The number of carboxylic acids is 1. The molecule has 2 aromatic rings. The number of nitrogens with one attached hydrogen (secondary N) is 1. The molecule has 1 amide bonds. The molecule has 2 rings (SSSR count). The predicted octanol–water partition coefficient (Wildman–Crippen LogP) is -2.04. The Bertz CT molecular complexity index is 634. The normalized spacial score (nSPS) is 10.5. The van der Waals surface area contributed by atoms with Crippen LogP contribution in [0.25, 0.3) is 0 Å². The van der Waals surface area contributed by atoms with Crippen molar-refractivity contribution in [2.75, 3.05) is 13.1 Å². The highest BCUT2D eigenvalue weighted by molar-refractivity contribution is 5.91. The first-order valence-electron chi connectivity index (χ1n) is 6.12. The van der Waals surface area contributed by atoms with Crippen molar-refractivity contribution in [3.8, 4) is 0 Å². The largest absolute Gasteiger partial charge is 0.476 e. The van der Waals surface area contributed by atoms with E-state index in [4.69, 9.17) is 10.8 Å². The van der Waals surface area contributed by atoms with Crippen LogP contribution in [0.2, 0.25) is 0 Å². The molecule has 21 heavy (non-hydrogen) atoms. The molecule has 0 saturated carbocycles. The van der Waals surface area contributed by atoms with Gasteiger partial charge in [0.2, 0.25) is 0 Å². The number of nitrogens with zero attached hydrogens (tertiary/aromatic N) is 6. The van der Waals surface area contributed by atoms with Crippen molar-refractivity contribution in [1.29, 1.82) is 0 Å². The Labute approximate surface area is 118 Å². The zero-order valence-corrected chi connectivity index (χ0v) is 11.0. The molecule has 0 spiro atoms. The van der Waals surface area contributed by atoms with E-state index < -0.39 is 5.97 Å². The molecule has 0 aliphatic heterocycles. The van der Waals surface area contributed by atoms with E-state index in [0.717, 1.165) is 0 Å². The molecule has 4 N–H and O–H groups in total. The Morgan fingerprint density at radius 3 is 2.38 bits per heavy atom. The molecule has 0 aromatic carbocycles. The lowest BCUT2D eigenvalue weighted by atomic mass is 10.4. The van der Waals surface area contributed by atoms with E-state index in [-0.39, 0.29) is 23.8 Å². The summed E-state index contributed by atoms with van der Waals surface area (Å²) >= 11 is 0. The van der Waals surface area contributed by atoms with Crippen LogP contribution in [-0.2, 0) is 13.1 Å². The van der Waals surface area contributed by atoms with E-state index in [1.807, 2.05) is 0 Å². The maximum Gasteiger partial charge on any atom is 0.358 e. The van der Waals surface area contributed by atoms with E-state index >= 15 is 0 Å². The zero-order valence-electron chi connectivity index (χ0n) is 11.0. The van der Waals surface area contributed by atoms with Crippen LogP contribution in [0, 0.1) is 0 Å². The van der Waals surface area contributed by atoms with E-state index in [1.165, 1.54) is 21.8 Å². The van der Waals surface area contributed by atoms with Crippen LogP contribution in [0.1, 0.15) is 21.0 Å². The molecule has 0 bridgehead atoms. The van der Waals surface area contributed by atoms with Gasteiger partial charge >= 0.3 is 5.97 Å². The van der Waals surface area contributed by atoms with Gasteiger partial charge in [-0.3, -0.25) is 9.48 Å². The summed E-state index contributed by atoms with van der Waals surface area (Å²) in [7, 11) is 0. The SMILES string of the molecule is NCCn1cc(C(=O)NCCn2cc(C(=O)O)nn2)nn1. The Morgan fingerprint density at radius 1 is 1.14 bits per heavy atom. The summed E-state index contributed by atoms with van der Waals surface area (Å²) in [5.74, 6) is -1.53. The third-order valence-electron chi connectivity index (χ3n) is 2.51. The molecule has 2 aromatic heterocycles. The van der Waals surface area contributed by atoms with E-state index in [1.54, 1.807) is 0 Å². The van der Waals surface area contributed by atoms with Gasteiger partial charge in [-0.2, -0.15) is 0 Å². The maximum atomic E-state index is 11.8. The van der Waals surface area contributed by atoms with Gasteiger partial charge in [-0.1, -0.05) is 10.4 Å². The molecule has 0 atom stereocenters. The molecular weight excluding hydrogens is 280 g/mol. The summed E-state index contributed by atoms with van der Waals surface area (Å²) in [4.78, 5) is 22.4. The van der Waals surface area contributed by atoms with Gasteiger partial charge in [0.25, 0.3) is 5.91 Å². The van der Waals surface area contributed by atoms with Crippen LogP contribution in [-0.4, -0.2) is 60.1 Å². The summed E-state index contributed by atoms with van der Waals surface area (Å²) < 4.78 is 2.81. The van der Waals surface area contributed by atoms with Crippen molar-refractivity contribution in [3.05, 3.63) is 23.8 Å². The molecule has 0 aliphatic carbocycles. The van der Waals surface area contributed by atoms with E-state index in [2.05, 4.69) is 25.9 Å². The molecule has 112 valence electrons. The first-order valence-corrected chi connectivity index (χ1v) is 6.12. The number of nitrogens with two attached hydrogens (primary N) is 1. The van der Waals surface area contributed by atoms with Gasteiger partial charge in [0.1, 0.15) is 0 Å². The topological polar surface area (TPSA) is 154 Å². The highest BCUT2D eigenvalue weighted by Gasteiger charge is 2.11. The van der Waals surface area contributed by atoms with Gasteiger partial charge in [0, 0.05) is 13.1 Å². The zero-order chi connectivity index (χ0) is 15.2. The second-order valence-electron chi connectivity index (χ2n) is 4.08. The van der Waals surface area contributed by atoms with Gasteiger partial charge in [0.15, 0.2) is 11.4 Å². The number of hydrogen-bond acceptors (Lipinski definition) is 7. The number of aromatic carboxylic acids is 1. The lowest BCUT2D eigenvalue weighted by molar-refractivity contribution is 0.0690. The minimum absolute atomic E-state index is 0.147. The minimum atomic E-state index is -1.15. The predicted molar refractivity (Wildman–Crippen MR) is 68.4 cm³/mol. The number of aromatic nitrogens is 6. The monoisotopic (exact) mass is 294 g/mol. The van der Waals surface area contributed by atoms with Gasteiger partial charge in [0.05, 0.1) is 25.5 Å². The van der Waals surface area contributed by atoms with Crippen molar-refractivity contribution in [2.45, 2.75) is 13.1 Å². The van der Waals surface area contributed by atoms with Crippen molar-refractivity contribution in [3.63, 3.8) is 0 Å². The average molecular weight is 294 g/mol. The van der Waals surface area contributed by atoms with Crippen LogP contribution in [0.3, 0.4) is 0 Å². The fourth-order valence-corrected chi connectivity index (χ4v) is 1.52. The van der Waals surface area contributed by atoms with E-state index in [9.17, 15) is 9.59 Å². The molecule has 0 saturated heterocycles. The molecule has 0 radical (unpaired) electrons. The fourth-order valence-electron chi connectivity index (χ4n) is 1.52. The first-order chi connectivity index (χ1) is 10.1. The van der Waals surface area contributed by atoms with Crippen molar-refractivity contribution < 1.29 is 14.7 Å². The Morgan fingerprint density at radius 2 is 1.76 bits per heavy atom. The Balaban J connectivity index is 1.81. The fraction of sp³-hybridized carbons (Fsp3) is 0.400. The van der Waals surface area contributed by atoms with Crippen molar-refractivity contribution in [1.82, 2.24) is 35.3 Å². The smallest absolute Gasteiger partial charge is 0.358 e. The van der Waals surface area contributed by atoms with Gasteiger partial charge in [-0.05, 0) is 0 Å². The molecule has 0 fully saturated rings. The summed E-state index contributed by atoms with van der Waals surface area (Å²) in [6.07, 6.45) is 2.78. The molecular formula is C10H14N8O3. The molecule has 11 nitrogen and oxygen atoms in total. The number of carbonyl (C=O) groups excluding carboxylic acids is 1. The summed E-state index contributed by atoms with van der Waals surface area (Å²) in [5.41, 5.74) is 5.41. The average Bonchev–Trinajstić information content (AvgIpc) is 3.08. The third-order valence-corrected chi connectivity index (χ3v) is 2.51. The molecule has 0 aliphatic rings. The lowest BCUT2D eigenvalue weighted by Gasteiger charge is -2.02. The number of rotatable bonds is 7. The second kappa shape index (κ2) is 6.56. The number of carboxylic acid groups (broad SMARTS) is 1. The quantitative estimate of drug-likeness (QED) is 0.527. The minimum Gasteiger partial charge on any atom is -0.476 e. The van der Waals surface area contributed by atoms with Crippen molar-refractivity contribution >= 4 is 11.9 Å². The Hall–Kier alpha value is -2.82. The van der Waals surface area contributed by atoms with Crippen LogP contribution in [0.4, 0.5) is 0 Å². The summed E-state index contributed by atoms with van der Waals surface area (Å²) in [6.45, 7) is 1.44. The lowest BCUT2D eigenvalue weighted by Crippen LogP contribution is -2.27. The maximum absolute atomic E-state index is 11.8. The van der Waals surface area contributed by atoms with Gasteiger partial charge < -0.3 is 16.2 Å². The number of carbonyl (C=O) groups is 2. The van der Waals surface area contributed by atoms with Crippen LogP contribution < -0.4 is 11.1 Å². The molecule has 2 heterocycles. The third kappa shape index (κ3) is 3.82. The Kier molecular flexibility index (Phi) is 4.56. The first kappa shape index (κ1) is 14.6. The van der Waals surface area contributed by atoms with Crippen LogP contribution in [0.15, 0.2) is 12.4 Å². The summed E-state index contributed by atoms with van der Waals surface area (Å²) in [6, 6.07) is 0. The second-order valence-corrected chi connectivity index (χ2v) is 4.08. The molecule has 11 heteroatoms. The molecule has 0 unspecified atom stereocenters. The number of hydrogen-bond donors (Lipinski definition) is 3. The van der Waals surface area contributed by atoms with Crippen LogP contribution >= 0.6 is 0 Å². The van der Waals surface area contributed by atoms with Gasteiger partial charge in [-0.15, -0.1) is 10.2 Å². The number of amides is 1. The van der Waals surface area contributed by atoms with Crippen molar-refractivity contribution in [2.24, 2.45) is 5.73 Å². The highest BCUT2D eigenvalue weighted by atomic mass is 16.4. The standard InChI is InChI=1S/C10H14N8O3/c11-1-3-17-5-7(13-15-17)9(19)12-2-4-18-6-8(10(20)21)14-16-18/h5-6H,1-4,11H2,(H,12,19)(H,20,21).